The summed E-state index contributed by atoms with van der Waals surface area (Å²) in [5.74, 6) is -0.225. The molecule has 1 aromatic carbocycles. The Morgan fingerprint density at radius 3 is 2.95 bits per heavy atom. The molecule has 1 aromatic heterocycles. The third-order valence-corrected chi connectivity index (χ3v) is 3.29. The first-order valence-corrected chi connectivity index (χ1v) is 6.88. The van der Waals surface area contributed by atoms with Crippen molar-refractivity contribution in [3.8, 4) is 0 Å². The Morgan fingerprint density at radius 2 is 2.32 bits per heavy atom. The van der Waals surface area contributed by atoms with Crippen molar-refractivity contribution in [1.29, 1.82) is 0 Å². The molecule has 0 unspecified atom stereocenters. The minimum Gasteiger partial charge on any atom is -0.325 e. The number of anilines is 1. The summed E-state index contributed by atoms with van der Waals surface area (Å²) >= 11 is 8.18. The Bertz CT molecular complexity index is 601. The van der Waals surface area contributed by atoms with Gasteiger partial charge in [0.05, 0.1) is 22.6 Å². The number of nitrogens with zero attached hydrogens (tertiary/aromatic N) is 3. The maximum absolute atomic E-state index is 11.8. The van der Waals surface area contributed by atoms with E-state index in [1.54, 1.807) is 18.3 Å². The molecule has 1 heterocycles. The summed E-state index contributed by atoms with van der Waals surface area (Å²) in [5, 5.41) is 10.8. The Kier molecular flexibility index (Phi) is 4.72. The van der Waals surface area contributed by atoms with Crippen molar-refractivity contribution < 1.29 is 4.79 Å². The normalized spacial score (nSPS) is 10.5. The topological polar surface area (TPSA) is 85.8 Å². The van der Waals surface area contributed by atoms with Gasteiger partial charge in [0, 0.05) is 10.1 Å². The SMILES string of the molecule is NCc1cn(CC(=O)Nc2ccc(I)cc2Cl)nn1. The van der Waals surface area contributed by atoms with E-state index in [4.69, 9.17) is 17.3 Å². The van der Waals surface area contributed by atoms with Crippen molar-refractivity contribution in [3.05, 3.63) is 38.7 Å². The number of amides is 1. The van der Waals surface area contributed by atoms with Crippen LogP contribution >= 0.6 is 34.2 Å². The molecule has 0 aliphatic heterocycles. The lowest BCUT2D eigenvalue weighted by molar-refractivity contribution is -0.116. The highest BCUT2D eigenvalue weighted by molar-refractivity contribution is 14.1. The van der Waals surface area contributed by atoms with Crippen LogP contribution in [0.25, 0.3) is 0 Å². The Hall–Kier alpha value is -1.19. The van der Waals surface area contributed by atoms with E-state index in [-0.39, 0.29) is 12.5 Å². The molecule has 6 nitrogen and oxygen atoms in total. The molecule has 0 spiro atoms. The molecule has 1 amide bonds. The van der Waals surface area contributed by atoms with Gasteiger partial charge >= 0.3 is 0 Å². The number of hydrogen-bond acceptors (Lipinski definition) is 4. The van der Waals surface area contributed by atoms with Gasteiger partial charge in [0.2, 0.25) is 5.91 Å². The van der Waals surface area contributed by atoms with Gasteiger partial charge in [0.15, 0.2) is 0 Å². The van der Waals surface area contributed by atoms with Crippen LogP contribution in [0, 0.1) is 3.57 Å². The van der Waals surface area contributed by atoms with E-state index in [0.29, 0.717) is 22.9 Å². The molecule has 8 heteroatoms. The zero-order valence-corrected chi connectivity index (χ0v) is 12.7. The summed E-state index contributed by atoms with van der Waals surface area (Å²) in [6.07, 6.45) is 1.63. The van der Waals surface area contributed by atoms with E-state index >= 15 is 0 Å². The van der Waals surface area contributed by atoms with E-state index in [1.807, 2.05) is 6.07 Å². The number of rotatable bonds is 4. The van der Waals surface area contributed by atoms with Crippen LogP contribution in [0.1, 0.15) is 5.69 Å². The van der Waals surface area contributed by atoms with Gasteiger partial charge in [-0.25, -0.2) is 4.68 Å². The standard InChI is InChI=1S/C11H11ClIN5O/c12-9-3-7(13)1-2-10(9)15-11(19)6-18-5-8(4-14)16-17-18/h1-3,5H,4,6,14H2,(H,15,19). The highest BCUT2D eigenvalue weighted by Gasteiger charge is 2.08. The lowest BCUT2D eigenvalue weighted by Crippen LogP contribution is -2.19. The smallest absolute Gasteiger partial charge is 0.246 e. The van der Waals surface area contributed by atoms with Crippen molar-refractivity contribution in [2.75, 3.05) is 5.32 Å². The average Bonchev–Trinajstić information content (AvgIpc) is 2.80. The van der Waals surface area contributed by atoms with Crippen molar-refractivity contribution in [3.63, 3.8) is 0 Å². The van der Waals surface area contributed by atoms with Gasteiger partial charge in [-0.15, -0.1) is 5.10 Å². The van der Waals surface area contributed by atoms with E-state index < -0.39 is 0 Å². The molecule has 0 fully saturated rings. The van der Waals surface area contributed by atoms with Gasteiger partial charge in [-0.05, 0) is 40.8 Å². The number of carbonyl (C=O) groups is 1. The van der Waals surface area contributed by atoms with Crippen molar-refractivity contribution in [2.24, 2.45) is 5.73 Å². The first-order valence-electron chi connectivity index (χ1n) is 5.42. The third-order valence-electron chi connectivity index (χ3n) is 2.31. The molecule has 2 rings (SSSR count). The summed E-state index contributed by atoms with van der Waals surface area (Å²) in [6, 6.07) is 5.40. The monoisotopic (exact) mass is 391 g/mol. The fourth-order valence-electron chi connectivity index (χ4n) is 1.44. The predicted molar refractivity (Wildman–Crippen MR) is 80.7 cm³/mol. The number of nitrogens with one attached hydrogen (secondary N) is 1. The highest BCUT2D eigenvalue weighted by atomic mass is 127. The molecule has 100 valence electrons. The predicted octanol–water partition coefficient (Wildman–Crippen LogP) is 1.63. The van der Waals surface area contributed by atoms with Crippen molar-refractivity contribution in [2.45, 2.75) is 13.1 Å². The van der Waals surface area contributed by atoms with Crippen LogP contribution in [0.4, 0.5) is 5.69 Å². The van der Waals surface area contributed by atoms with Crippen LogP contribution < -0.4 is 11.1 Å². The third kappa shape index (κ3) is 3.88. The van der Waals surface area contributed by atoms with E-state index in [0.717, 1.165) is 3.57 Å². The van der Waals surface area contributed by atoms with E-state index in [2.05, 4.69) is 38.2 Å². The minimum atomic E-state index is -0.225. The van der Waals surface area contributed by atoms with Crippen molar-refractivity contribution in [1.82, 2.24) is 15.0 Å². The van der Waals surface area contributed by atoms with Gasteiger partial charge in [0.25, 0.3) is 0 Å². The molecule has 0 saturated heterocycles. The summed E-state index contributed by atoms with van der Waals surface area (Å²) in [5.41, 5.74) is 6.63. The molecular formula is C11H11ClIN5O. The second-order valence-electron chi connectivity index (χ2n) is 3.78. The van der Waals surface area contributed by atoms with E-state index in [9.17, 15) is 4.79 Å². The Balaban J connectivity index is 2.01. The summed E-state index contributed by atoms with van der Waals surface area (Å²) < 4.78 is 2.43. The lowest BCUT2D eigenvalue weighted by atomic mass is 10.3. The summed E-state index contributed by atoms with van der Waals surface area (Å²) in [6.45, 7) is 0.361. The van der Waals surface area contributed by atoms with Crippen LogP contribution in [-0.2, 0) is 17.9 Å². The molecule has 2 aromatic rings. The van der Waals surface area contributed by atoms with Crippen LogP contribution in [0.3, 0.4) is 0 Å². The van der Waals surface area contributed by atoms with Crippen LogP contribution in [0.5, 0.6) is 0 Å². The Labute approximate surface area is 128 Å². The number of benzene rings is 1. The second-order valence-corrected chi connectivity index (χ2v) is 5.44. The summed E-state index contributed by atoms with van der Waals surface area (Å²) in [7, 11) is 0. The fraction of sp³-hybridized carbons (Fsp3) is 0.182. The van der Waals surface area contributed by atoms with Crippen LogP contribution in [-0.4, -0.2) is 20.9 Å². The van der Waals surface area contributed by atoms with Crippen LogP contribution in [0.2, 0.25) is 5.02 Å². The molecule has 0 aliphatic rings. The van der Waals surface area contributed by atoms with Gasteiger partial charge in [-0.1, -0.05) is 16.8 Å². The van der Waals surface area contributed by atoms with Gasteiger partial charge in [-0.3, -0.25) is 4.79 Å². The molecule has 0 atom stereocenters. The molecule has 0 radical (unpaired) electrons. The maximum atomic E-state index is 11.8. The highest BCUT2D eigenvalue weighted by Crippen LogP contribution is 2.23. The quantitative estimate of drug-likeness (QED) is 0.776. The summed E-state index contributed by atoms with van der Waals surface area (Å²) in [4.78, 5) is 11.8. The molecule has 0 saturated carbocycles. The number of carbonyl (C=O) groups excluding carboxylic acids is 1. The zero-order chi connectivity index (χ0) is 13.8. The maximum Gasteiger partial charge on any atom is 0.246 e. The largest absolute Gasteiger partial charge is 0.325 e. The van der Waals surface area contributed by atoms with Crippen molar-refractivity contribution >= 4 is 45.8 Å². The molecule has 0 aliphatic carbocycles. The van der Waals surface area contributed by atoms with E-state index in [1.165, 1.54) is 4.68 Å². The number of hydrogen-bond donors (Lipinski definition) is 2. The second kappa shape index (κ2) is 6.31. The van der Waals surface area contributed by atoms with Gasteiger partial charge < -0.3 is 11.1 Å². The minimum absolute atomic E-state index is 0.0648. The average molecular weight is 392 g/mol. The first kappa shape index (κ1) is 14.2. The molecule has 3 N–H and O–H groups in total. The fourth-order valence-corrected chi connectivity index (χ4v) is 2.34. The Morgan fingerprint density at radius 1 is 1.53 bits per heavy atom. The number of halogens is 2. The number of nitrogens with two attached hydrogens (primary N) is 1. The van der Waals surface area contributed by atoms with Gasteiger partial charge in [0.1, 0.15) is 6.54 Å². The molecular weight excluding hydrogens is 381 g/mol. The van der Waals surface area contributed by atoms with Gasteiger partial charge in [-0.2, -0.15) is 0 Å². The molecule has 19 heavy (non-hydrogen) atoms. The zero-order valence-electron chi connectivity index (χ0n) is 9.81. The first-order chi connectivity index (χ1) is 9.08. The lowest BCUT2D eigenvalue weighted by Gasteiger charge is -2.07. The van der Waals surface area contributed by atoms with Crippen LogP contribution in [0.15, 0.2) is 24.4 Å². The molecule has 0 bridgehead atoms. The number of aromatic nitrogens is 3.